The predicted octanol–water partition coefficient (Wildman–Crippen LogP) is 5.02. The number of hydrogen-bond donors (Lipinski definition) is 0. The first kappa shape index (κ1) is 15.8. The van der Waals surface area contributed by atoms with Gasteiger partial charge in [-0.25, -0.2) is 13.8 Å². The molecule has 0 spiro atoms. The summed E-state index contributed by atoms with van der Waals surface area (Å²) in [5.41, 5.74) is 1.68. The van der Waals surface area contributed by atoms with Gasteiger partial charge in [-0.05, 0) is 24.8 Å². The van der Waals surface area contributed by atoms with E-state index in [4.69, 9.17) is 11.6 Å². The first-order valence-electron chi connectivity index (χ1n) is 7.09. The van der Waals surface area contributed by atoms with Crippen molar-refractivity contribution in [3.05, 3.63) is 64.8 Å². The molecule has 4 rings (SSSR count). The number of hydrogen-bond acceptors (Lipinski definition) is 2. The molecule has 23 heavy (non-hydrogen) atoms. The molecule has 0 N–H and O–H groups in total. The van der Waals surface area contributed by atoms with Crippen LogP contribution < -0.4 is 0 Å². The van der Waals surface area contributed by atoms with Gasteiger partial charge in [-0.3, -0.25) is 0 Å². The topological polar surface area (TPSA) is 30.2 Å². The second-order valence-electron chi connectivity index (χ2n) is 5.22. The van der Waals surface area contributed by atoms with Crippen molar-refractivity contribution in [1.82, 2.24) is 14.6 Å². The Kier molecular flexibility index (Phi) is 4.52. The van der Waals surface area contributed by atoms with Crippen molar-refractivity contribution in [1.29, 1.82) is 0 Å². The summed E-state index contributed by atoms with van der Waals surface area (Å²) in [6.07, 6.45) is 1.09. The summed E-state index contributed by atoms with van der Waals surface area (Å²) >= 11 is 5.80. The summed E-state index contributed by atoms with van der Waals surface area (Å²) in [6, 6.07) is 9.51. The van der Waals surface area contributed by atoms with Crippen LogP contribution in [0.2, 0.25) is 5.15 Å². The van der Waals surface area contributed by atoms with Crippen LogP contribution in [0.25, 0.3) is 5.65 Å². The second kappa shape index (κ2) is 6.58. The summed E-state index contributed by atoms with van der Waals surface area (Å²) in [6.45, 7) is 0. The fourth-order valence-electron chi connectivity index (χ4n) is 2.23. The van der Waals surface area contributed by atoms with E-state index in [0.717, 1.165) is 22.9 Å². The van der Waals surface area contributed by atoms with E-state index in [1.54, 1.807) is 24.3 Å². The maximum absolute atomic E-state index is 13.2. The predicted molar refractivity (Wildman–Crippen MR) is 81.3 cm³/mol. The number of rotatable bonds is 2. The normalized spacial score (nSPS) is 14.0. The van der Waals surface area contributed by atoms with Crippen molar-refractivity contribution in [2.75, 3.05) is 0 Å². The maximum atomic E-state index is 13.2. The summed E-state index contributed by atoms with van der Waals surface area (Å²) in [5, 5.41) is 4.17. The number of halogens is 4. The van der Waals surface area contributed by atoms with Crippen molar-refractivity contribution in [3.63, 3.8) is 0 Å². The Bertz CT molecular complexity index is 801. The Labute approximate surface area is 135 Å². The highest BCUT2D eigenvalue weighted by molar-refractivity contribution is 6.29. The Morgan fingerprint density at radius 3 is 2.43 bits per heavy atom. The number of imidazole rings is 1. The molecule has 2 heterocycles. The van der Waals surface area contributed by atoms with Gasteiger partial charge in [0.2, 0.25) is 5.95 Å². The summed E-state index contributed by atoms with van der Waals surface area (Å²) in [7, 11) is 0. The largest absolute Gasteiger partial charge is 0.263 e. The number of benzene rings is 1. The van der Waals surface area contributed by atoms with Crippen LogP contribution >= 0.6 is 11.6 Å². The Morgan fingerprint density at radius 1 is 1.17 bits per heavy atom. The fraction of sp³-hybridized carbons (Fsp3) is 0.250. The molecule has 3 nitrogen and oxygen atoms in total. The molecule has 2 aromatic heterocycles. The SMILES string of the molecule is FC(F)c1ccccc1.Fc1cnc2c(C3CC3)cc(Cl)nn12. The van der Waals surface area contributed by atoms with Gasteiger partial charge in [0.1, 0.15) is 0 Å². The van der Waals surface area contributed by atoms with Gasteiger partial charge in [0, 0.05) is 11.1 Å². The average molecular weight is 340 g/mol. The van der Waals surface area contributed by atoms with Crippen LogP contribution in [-0.4, -0.2) is 14.6 Å². The molecule has 1 fully saturated rings. The van der Waals surface area contributed by atoms with Gasteiger partial charge in [0.05, 0.1) is 6.20 Å². The van der Waals surface area contributed by atoms with E-state index in [1.807, 2.05) is 0 Å². The second-order valence-corrected chi connectivity index (χ2v) is 5.61. The minimum atomic E-state index is -2.34. The zero-order valence-corrected chi connectivity index (χ0v) is 12.7. The third-order valence-corrected chi connectivity index (χ3v) is 3.68. The Balaban J connectivity index is 0.000000151. The van der Waals surface area contributed by atoms with Crippen molar-refractivity contribution in [3.8, 4) is 0 Å². The number of alkyl halides is 2. The van der Waals surface area contributed by atoms with Gasteiger partial charge in [-0.15, -0.1) is 0 Å². The first-order valence-corrected chi connectivity index (χ1v) is 7.47. The Hall–Kier alpha value is -2.08. The quantitative estimate of drug-likeness (QED) is 0.656. The molecule has 3 aromatic rings. The first-order chi connectivity index (χ1) is 11.1. The van der Waals surface area contributed by atoms with E-state index < -0.39 is 12.4 Å². The molecule has 7 heteroatoms. The van der Waals surface area contributed by atoms with Crippen LogP contribution in [0.1, 0.15) is 36.3 Å². The van der Waals surface area contributed by atoms with Gasteiger partial charge in [0.25, 0.3) is 6.43 Å². The molecule has 0 saturated heterocycles. The van der Waals surface area contributed by atoms with E-state index in [0.29, 0.717) is 16.7 Å². The van der Waals surface area contributed by atoms with Gasteiger partial charge < -0.3 is 0 Å². The van der Waals surface area contributed by atoms with Crippen LogP contribution in [0.4, 0.5) is 13.2 Å². The molecule has 1 aromatic carbocycles. The third-order valence-electron chi connectivity index (χ3n) is 3.49. The van der Waals surface area contributed by atoms with Gasteiger partial charge in [0.15, 0.2) is 10.8 Å². The van der Waals surface area contributed by atoms with Crippen molar-refractivity contribution < 1.29 is 13.2 Å². The van der Waals surface area contributed by atoms with Gasteiger partial charge in [-0.1, -0.05) is 41.9 Å². The van der Waals surface area contributed by atoms with Crippen molar-refractivity contribution in [2.45, 2.75) is 25.2 Å². The Morgan fingerprint density at radius 2 is 1.87 bits per heavy atom. The molecule has 1 aliphatic rings. The number of nitrogens with zero attached hydrogens (tertiary/aromatic N) is 3. The molecule has 0 amide bonds. The molecule has 0 aliphatic heterocycles. The van der Waals surface area contributed by atoms with E-state index >= 15 is 0 Å². The van der Waals surface area contributed by atoms with Crippen LogP contribution in [0.5, 0.6) is 0 Å². The summed E-state index contributed by atoms with van der Waals surface area (Å²) in [5.74, 6) is 0.0178. The lowest BCUT2D eigenvalue weighted by Crippen LogP contribution is -1.98. The maximum Gasteiger partial charge on any atom is 0.263 e. The number of fused-ring (bicyclic) bond motifs is 1. The molecule has 120 valence electrons. The average Bonchev–Trinajstić information content (AvgIpc) is 3.33. The minimum absolute atomic E-state index is 0.0810. The zero-order valence-electron chi connectivity index (χ0n) is 12.0. The molecule has 1 aliphatic carbocycles. The fourth-order valence-corrected chi connectivity index (χ4v) is 2.42. The van der Waals surface area contributed by atoms with Gasteiger partial charge in [-0.2, -0.15) is 14.0 Å². The third kappa shape index (κ3) is 3.64. The molecule has 0 radical (unpaired) electrons. The zero-order chi connectivity index (χ0) is 16.4. The monoisotopic (exact) mass is 339 g/mol. The van der Waals surface area contributed by atoms with Crippen LogP contribution in [0.15, 0.2) is 42.6 Å². The lowest BCUT2D eigenvalue weighted by Gasteiger charge is -2.01. The van der Waals surface area contributed by atoms with Crippen LogP contribution in [0.3, 0.4) is 0 Å². The van der Waals surface area contributed by atoms with Crippen LogP contribution in [-0.2, 0) is 0 Å². The van der Waals surface area contributed by atoms with E-state index in [2.05, 4.69) is 10.1 Å². The molecule has 0 atom stereocenters. The standard InChI is InChI=1S/C9H7ClFN3.C7H6F2/c10-7-3-6(5-1-2-5)9-12-4-8(11)14(9)13-7;8-7(9)6-4-2-1-3-5-6/h3-5H,1-2H2;1-5,7H. The van der Waals surface area contributed by atoms with Crippen LogP contribution in [0, 0.1) is 5.95 Å². The van der Waals surface area contributed by atoms with Gasteiger partial charge >= 0.3 is 0 Å². The summed E-state index contributed by atoms with van der Waals surface area (Å²) < 4.78 is 37.9. The van der Waals surface area contributed by atoms with E-state index in [1.165, 1.54) is 18.3 Å². The summed E-state index contributed by atoms with van der Waals surface area (Å²) in [4.78, 5) is 3.99. The molecule has 1 saturated carbocycles. The van der Waals surface area contributed by atoms with Crippen molar-refractivity contribution >= 4 is 17.2 Å². The lowest BCUT2D eigenvalue weighted by atomic mass is 10.2. The van der Waals surface area contributed by atoms with E-state index in [9.17, 15) is 13.2 Å². The molecule has 0 unspecified atom stereocenters. The number of aromatic nitrogens is 3. The lowest BCUT2D eigenvalue weighted by molar-refractivity contribution is 0.151. The highest BCUT2D eigenvalue weighted by Crippen LogP contribution is 2.42. The minimum Gasteiger partial charge on any atom is -0.232 e. The molecular formula is C16H13ClF3N3. The highest BCUT2D eigenvalue weighted by Gasteiger charge is 2.27. The van der Waals surface area contributed by atoms with E-state index in [-0.39, 0.29) is 5.56 Å². The molecular weight excluding hydrogens is 327 g/mol. The van der Waals surface area contributed by atoms with Crippen molar-refractivity contribution in [2.24, 2.45) is 0 Å². The molecule has 0 bridgehead atoms. The highest BCUT2D eigenvalue weighted by atomic mass is 35.5. The smallest absolute Gasteiger partial charge is 0.232 e.